The van der Waals surface area contributed by atoms with E-state index < -0.39 is 0 Å². The molecule has 1 aliphatic rings. The number of likely N-dealkylation sites (N-methyl/N-ethyl adjacent to an activating group) is 1. The maximum Gasteiger partial charge on any atom is 0.0659 e. The molecule has 0 aromatic rings. The number of nitrogens with two attached hydrogens (primary N) is 1. The first-order valence-electron chi connectivity index (χ1n) is 6.69. The van der Waals surface area contributed by atoms with Crippen LogP contribution < -0.4 is 5.73 Å². The number of hydrogen-bond donors (Lipinski definition) is 1. The van der Waals surface area contributed by atoms with Crippen molar-refractivity contribution in [3.05, 3.63) is 0 Å². The summed E-state index contributed by atoms with van der Waals surface area (Å²) in [5.74, 6) is 0.737. The van der Waals surface area contributed by atoms with E-state index in [4.69, 9.17) is 15.2 Å². The van der Waals surface area contributed by atoms with Crippen LogP contribution in [0.3, 0.4) is 0 Å². The lowest BCUT2D eigenvalue weighted by Crippen LogP contribution is -2.54. The van der Waals surface area contributed by atoms with Gasteiger partial charge in [0.1, 0.15) is 0 Å². The van der Waals surface area contributed by atoms with E-state index in [2.05, 4.69) is 18.9 Å². The van der Waals surface area contributed by atoms with Crippen LogP contribution >= 0.6 is 0 Å². The van der Waals surface area contributed by atoms with Crippen molar-refractivity contribution in [3.63, 3.8) is 0 Å². The molecule has 4 heteroatoms. The minimum atomic E-state index is -0.0473. The summed E-state index contributed by atoms with van der Waals surface area (Å²) in [5, 5.41) is 0. The second-order valence-electron chi connectivity index (χ2n) is 5.27. The molecule has 0 amide bonds. The normalized spacial score (nSPS) is 21.7. The quantitative estimate of drug-likeness (QED) is 0.728. The summed E-state index contributed by atoms with van der Waals surface area (Å²) in [6.45, 7) is 9.20. The monoisotopic (exact) mass is 244 g/mol. The smallest absolute Gasteiger partial charge is 0.0659 e. The highest BCUT2D eigenvalue weighted by Crippen LogP contribution is 2.20. The Balaban J connectivity index is 2.43. The molecular formula is C13H28N2O2. The molecule has 0 aliphatic carbocycles. The first-order chi connectivity index (χ1) is 8.12. The summed E-state index contributed by atoms with van der Waals surface area (Å²) in [6, 6.07) is 0. The Labute approximate surface area is 105 Å². The molecule has 2 N–H and O–H groups in total. The Morgan fingerprint density at radius 3 is 2.59 bits per heavy atom. The Morgan fingerprint density at radius 1 is 1.41 bits per heavy atom. The average molecular weight is 244 g/mol. The van der Waals surface area contributed by atoms with E-state index in [1.54, 1.807) is 0 Å². The molecule has 0 aromatic carbocycles. The molecule has 1 saturated heterocycles. The lowest BCUT2D eigenvalue weighted by Gasteiger charge is -2.40. The third kappa shape index (κ3) is 4.54. The molecule has 1 aliphatic heterocycles. The zero-order valence-corrected chi connectivity index (χ0v) is 11.6. The lowest BCUT2D eigenvalue weighted by molar-refractivity contribution is -0.000250. The van der Waals surface area contributed by atoms with Crippen LogP contribution in [0.25, 0.3) is 0 Å². The van der Waals surface area contributed by atoms with Gasteiger partial charge in [-0.15, -0.1) is 0 Å². The van der Waals surface area contributed by atoms with Crippen molar-refractivity contribution in [2.24, 2.45) is 11.7 Å². The van der Waals surface area contributed by atoms with Gasteiger partial charge in [0.05, 0.1) is 12.1 Å². The van der Waals surface area contributed by atoms with Crippen LogP contribution in [-0.4, -0.2) is 57.0 Å². The van der Waals surface area contributed by atoms with Crippen LogP contribution in [-0.2, 0) is 9.47 Å². The summed E-state index contributed by atoms with van der Waals surface area (Å²) < 4.78 is 10.9. The molecule has 1 atom stereocenters. The standard InChI is InChI=1S/C13H28N2O2/c1-4-16-11-13(2,10-14)15(3)9-12-5-7-17-8-6-12/h12H,4-11,14H2,1-3H3. The summed E-state index contributed by atoms with van der Waals surface area (Å²) in [4.78, 5) is 2.36. The number of ether oxygens (including phenoxy) is 2. The predicted molar refractivity (Wildman–Crippen MR) is 70.1 cm³/mol. The van der Waals surface area contributed by atoms with Gasteiger partial charge >= 0.3 is 0 Å². The van der Waals surface area contributed by atoms with Crippen molar-refractivity contribution in [2.45, 2.75) is 32.2 Å². The predicted octanol–water partition coefficient (Wildman–Crippen LogP) is 1.10. The number of nitrogens with zero attached hydrogens (tertiary/aromatic N) is 1. The maximum atomic E-state index is 5.91. The highest BCUT2D eigenvalue weighted by atomic mass is 16.5. The molecule has 4 nitrogen and oxygen atoms in total. The fraction of sp³-hybridized carbons (Fsp3) is 1.00. The van der Waals surface area contributed by atoms with Gasteiger partial charge in [0.15, 0.2) is 0 Å². The van der Waals surface area contributed by atoms with Crippen LogP contribution in [0.4, 0.5) is 0 Å². The van der Waals surface area contributed by atoms with Crippen molar-refractivity contribution in [1.29, 1.82) is 0 Å². The summed E-state index contributed by atoms with van der Waals surface area (Å²) in [7, 11) is 2.15. The Bertz CT molecular complexity index is 208. The largest absolute Gasteiger partial charge is 0.381 e. The highest BCUT2D eigenvalue weighted by Gasteiger charge is 2.30. The molecule has 17 heavy (non-hydrogen) atoms. The average Bonchev–Trinajstić information content (AvgIpc) is 2.37. The van der Waals surface area contributed by atoms with Gasteiger partial charge in [0, 0.05) is 32.9 Å². The van der Waals surface area contributed by atoms with Crippen LogP contribution in [0.2, 0.25) is 0 Å². The van der Waals surface area contributed by atoms with E-state index in [-0.39, 0.29) is 5.54 Å². The van der Waals surface area contributed by atoms with Crippen LogP contribution in [0.15, 0.2) is 0 Å². The molecule has 0 bridgehead atoms. The Morgan fingerprint density at radius 2 is 2.06 bits per heavy atom. The fourth-order valence-electron chi connectivity index (χ4n) is 2.18. The van der Waals surface area contributed by atoms with Gasteiger partial charge in [-0.2, -0.15) is 0 Å². The van der Waals surface area contributed by atoms with Crippen molar-refractivity contribution in [3.8, 4) is 0 Å². The summed E-state index contributed by atoms with van der Waals surface area (Å²) in [6.07, 6.45) is 2.33. The van der Waals surface area contributed by atoms with E-state index in [0.717, 1.165) is 32.3 Å². The lowest BCUT2D eigenvalue weighted by atomic mass is 9.95. The van der Waals surface area contributed by atoms with E-state index in [1.165, 1.54) is 12.8 Å². The topological polar surface area (TPSA) is 47.7 Å². The third-order valence-corrected chi connectivity index (χ3v) is 3.85. The summed E-state index contributed by atoms with van der Waals surface area (Å²) >= 11 is 0. The van der Waals surface area contributed by atoms with Crippen molar-refractivity contribution < 1.29 is 9.47 Å². The molecule has 102 valence electrons. The third-order valence-electron chi connectivity index (χ3n) is 3.85. The molecule has 1 rings (SSSR count). The number of rotatable bonds is 7. The van der Waals surface area contributed by atoms with Crippen LogP contribution in [0.1, 0.15) is 26.7 Å². The molecule has 1 unspecified atom stereocenters. The van der Waals surface area contributed by atoms with Gasteiger partial charge in [0.25, 0.3) is 0 Å². The van der Waals surface area contributed by atoms with Gasteiger partial charge < -0.3 is 15.2 Å². The SMILES string of the molecule is CCOCC(C)(CN)N(C)CC1CCOCC1. The van der Waals surface area contributed by atoms with E-state index in [1.807, 2.05) is 6.92 Å². The molecule has 0 saturated carbocycles. The first kappa shape index (κ1) is 14.9. The van der Waals surface area contributed by atoms with Crippen molar-refractivity contribution >= 4 is 0 Å². The molecule has 1 heterocycles. The fourth-order valence-corrected chi connectivity index (χ4v) is 2.18. The molecule has 0 radical (unpaired) electrons. The van der Waals surface area contributed by atoms with Gasteiger partial charge in [-0.1, -0.05) is 0 Å². The minimum Gasteiger partial charge on any atom is -0.381 e. The van der Waals surface area contributed by atoms with E-state index in [9.17, 15) is 0 Å². The molecular weight excluding hydrogens is 216 g/mol. The van der Waals surface area contributed by atoms with Crippen molar-refractivity contribution in [2.75, 3.05) is 46.6 Å². The Hall–Kier alpha value is -0.160. The highest BCUT2D eigenvalue weighted by molar-refractivity contribution is 4.87. The van der Waals surface area contributed by atoms with Gasteiger partial charge in [-0.3, -0.25) is 4.90 Å². The second-order valence-corrected chi connectivity index (χ2v) is 5.27. The minimum absolute atomic E-state index is 0.0473. The Kier molecular flexibility index (Phi) is 6.41. The van der Waals surface area contributed by atoms with Gasteiger partial charge in [0.2, 0.25) is 0 Å². The summed E-state index contributed by atoms with van der Waals surface area (Å²) in [5.41, 5.74) is 5.86. The van der Waals surface area contributed by atoms with Crippen LogP contribution in [0, 0.1) is 5.92 Å². The zero-order valence-electron chi connectivity index (χ0n) is 11.6. The maximum absolute atomic E-state index is 5.91. The van der Waals surface area contributed by atoms with Crippen molar-refractivity contribution in [1.82, 2.24) is 4.90 Å². The molecule has 0 spiro atoms. The van der Waals surface area contributed by atoms with E-state index >= 15 is 0 Å². The van der Waals surface area contributed by atoms with Gasteiger partial charge in [-0.05, 0) is 39.7 Å². The zero-order chi connectivity index (χ0) is 12.7. The van der Waals surface area contributed by atoms with E-state index in [0.29, 0.717) is 13.2 Å². The second kappa shape index (κ2) is 7.31. The van der Waals surface area contributed by atoms with Crippen LogP contribution in [0.5, 0.6) is 0 Å². The first-order valence-corrected chi connectivity index (χ1v) is 6.69. The molecule has 0 aromatic heterocycles. The molecule has 1 fully saturated rings. The van der Waals surface area contributed by atoms with Gasteiger partial charge in [-0.25, -0.2) is 0 Å². The number of hydrogen-bond acceptors (Lipinski definition) is 4.